The van der Waals surface area contributed by atoms with Crippen molar-refractivity contribution >= 4 is 11.6 Å². The van der Waals surface area contributed by atoms with E-state index < -0.39 is 0 Å². The summed E-state index contributed by atoms with van der Waals surface area (Å²) in [6.45, 7) is 6.66. The van der Waals surface area contributed by atoms with Crippen LogP contribution in [0.5, 0.6) is 0 Å². The van der Waals surface area contributed by atoms with Gasteiger partial charge >= 0.3 is 0 Å². The van der Waals surface area contributed by atoms with Crippen LogP contribution < -0.4 is 10.9 Å². The first-order chi connectivity index (χ1) is 11.5. The van der Waals surface area contributed by atoms with Crippen molar-refractivity contribution in [3.8, 4) is 0 Å². The number of nitrogens with zero attached hydrogens (tertiary/aromatic N) is 2. The maximum Gasteiger partial charge on any atom is 0.276 e. The Bertz CT molecular complexity index is 733. The predicted molar refractivity (Wildman–Crippen MR) is 96.3 cm³/mol. The van der Waals surface area contributed by atoms with Crippen LogP contribution in [0.25, 0.3) is 0 Å². The SMILES string of the molecule is CCCCc1ccc(NC(=O)c2ccc(=O)n(CC(C)C)n2)cc1. The lowest BCUT2D eigenvalue weighted by Crippen LogP contribution is -2.27. The maximum absolute atomic E-state index is 12.3. The van der Waals surface area contributed by atoms with Gasteiger partial charge in [-0.2, -0.15) is 5.10 Å². The number of rotatable bonds is 7. The summed E-state index contributed by atoms with van der Waals surface area (Å²) < 4.78 is 1.34. The number of benzene rings is 1. The highest BCUT2D eigenvalue weighted by atomic mass is 16.2. The molecule has 1 amide bonds. The predicted octanol–water partition coefficient (Wildman–Crippen LogP) is 3.49. The lowest BCUT2D eigenvalue weighted by atomic mass is 10.1. The van der Waals surface area contributed by atoms with E-state index in [4.69, 9.17) is 0 Å². The van der Waals surface area contributed by atoms with Crippen molar-refractivity contribution in [3.63, 3.8) is 0 Å². The molecule has 24 heavy (non-hydrogen) atoms. The van der Waals surface area contributed by atoms with Gasteiger partial charge in [0, 0.05) is 18.3 Å². The van der Waals surface area contributed by atoms with Crippen molar-refractivity contribution < 1.29 is 4.79 Å². The van der Waals surface area contributed by atoms with E-state index in [1.54, 1.807) is 0 Å². The zero-order valence-electron chi connectivity index (χ0n) is 14.6. The van der Waals surface area contributed by atoms with E-state index in [9.17, 15) is 9.59 Å². The van der Waals surface area contributed by atoms with Crippen LogP contribution >= 0.6 is 0 Å². The van der Waals surface area contributed by atoms with Crippen molar-refractivity contribution in [1.29, 1.82) is 0 Å². The maximum atomic E-state index is 12.3. The highest BCUT2D eigenvalue weighted by Crippen LogP contribution is 2.12. The lowest BCUT2D eigenvalue weighted by Gasteiger charge is -2.10. The Hall–Kier alpha value is -2.43. The molecule has 2 rings (SSSR count). The summed E-state index contributed by atoms with van der Waals surface area (Å²) in [6.07, 6.45) is 3.37. The van der Waals surface area contributed by atoms with Gasteiger partial charge in [-0.1, -0.05) is 39.3 Å². The molecule has 0 atom stereocenters. The molecule has 0 fully saturated rings. The number of hydrogen-bond donors (Lipinski definition) is 1. The Balaban J connectivity index is 2.08. The molecule has 1 heterocycles. The summed E-state index contributed by atoms with van der Waals surface area (Å²) in [5.74, 6) is -0.0296. The first-order valence-electron chi connectivity index (χ1n) is 8.48. The zero-order valence-corrected chi connectivity index (χ0v) is 14.6. The number of nitrogens with one attached hydrogen (secondary N) is 1. The third-order valence-electron chi connectivity index (χ3n) is 3.67. The summed E-state index contributed by atoms with van der Waals surface area (Å²) in [5, 5.41) is 6.98. The summed E-state index contributed by atoms with van der Waals surface area (Å²) >= 11 is 0. The van der Waals surface area contributed by atoms with E-state index in [2.05, 4.69) is 17.3 Å². The number of aryl methyl sites for hydroxylation is 1. The number of carbonyl (C=O) groups excluding carboxylic acids is 1. The molecule has 2 aromatic rings. The second-order valence-corrected chi connectivity index (χ2v) is 6.39. The first kappa shape index (κ1) is 17.9. The molecular formula is C19H25N3O2. The standard InChI is InChI=1S/C19H25N3O2/c1-4-5-6-15-7-9-16(10-8-15)20-19(24)17-11-12-18(23)22(21-17)13-14(2)3/h7-12,14H,4-6,13H2,1-3H3,(H,20,24). The van der Waals surface area contributed by atoms with E-state index in [0.29, 0.717) is 6.54 Å². The van der Waals surface area contributed by atoms with Gasteiger partial charge in [0.25, 0.3) is 11.5 Å². The van der Waals surface area contributed by atoms with Crippen LogP contribution in [0.15, 0.2) is 41.2 Å². The third kappa shape index (κ3) is 5.05. The van der Waals surface area contributed by atoms with Crippen LogP contribution in [0.1, 0.15) is 49.7 Å². The normalized spacial score (nSPS) is 10.8. The molecule has 1 aromatic carbocycles. The molecule has 0 radical (unpaired) electrons. The average Bonchev–Trinajstić information content (AvgIpc) is 2.55. The van der Waals surface area contributed by atoms with Gasteiger partial charge < -0.3 is 5.32 Å². The minimum absolute atomic E-state index is 0.194. The minimum atomic E-state index is -0.311. The van der Waals surface area contributed by atoms with E-state index >= 15 is 0 Å². The molecule has 0 saturated carbocycles. The summed E-state index contributed by atoms with van der Waals surface area (Å²) in [7, 11) is 0. The molecule has 0 saturated heterocycles. The molecule has 1 aromatic heterocycles. The molecule has 0 bridgehead atoms. The third-order valence-corrected chi connectivity index (χ3v) is 3.67. The van der Waals surface area contributed by atoms with E-state index in [1.165, 1.54) is 22.4 Å². The molecule has 5 heteroatoms. The number of hydrogen-bond acceptors (Lipinski definition) is 3. The fourth-order valence-corrected chi connectivity index (χ4v) is 2.38. The van der Waals surface area contributed by atoms with Crippen molar-refractivity contribution in [3.05, 3.63) is 58.0 Å². The van der Waals surface area contributed by atoms with Crippen LogP contribution in [0.2, 0.25) is 0 Å². The summed E-state index contributed by atoms with van der Waals surface area (Å²) in [5.41, 5.74) is 2.04. The summed E-state index contributed by atoms with van der Waals surface area (Å²) in [4.78, 5) is 24.1. The quantitative estimate of drug-likeness (QED) is 0.846. The number of amides is 1. The highest BCUT2D eigenvalue weighted by molar-refractivity contribution is 6.02. The van der Waals surface area contributed by atoms with Crippen molar-refractivity contribution in [2.75, 3.05) is 5.32 Å². The Kier molecular flexibility index (Phi) is 6.29. The van der Waals surface area contributed by atoms with E-state index in [-0.39, 0.29) is 23.1 Å². The van der Waals surface area contributed by atoms with Gasteiger partial charge in [-0.15, -0.1) is 0 Å². The molecule has 0 spiro atoms. The molecule has 5 nitrogen and oxygen atoms in total. The molecule has 1 N–H and O–H groups in total. The molecule has 0 unspecified atom stereocenters. The van der Waals surface area contributed by atoms with Gasteiger partial charge in [0.2, 0.25) is 0 Å². The number of aromatic nitrogens is 2. The van der Waals surface area contributed by atoms with E-state index in [1.807, 2.05) is 38.1 Å². The van der Waals surface area contributed by atoms with Gasteiger partial charge in [0.1, 0.15) is 5.69 Å². The van der Waals surface area contributed by atoms with Crippen molar-refractivity contribution in [2.45, 2.75) is 46.6 Å². The minimum Gasteiger partial charge on any atom is -0.321 e. The molecule has 0 aliphatic carbocycles. The smallest absolute Gasteiger partial charge is 0.276 e. The average molecular weight is 327 g/mol. The monoisotopic (exact) mass is 327 g/mol. The lowest BCUT2D eigenvalue weighted by molar-refractivity contribution is 0.101. The van der Waals surface area contributed by atoms with Crippen LogP contribution in [-0.2, 0) is 13.0 Å². The number of anilines is 1. The fourth-order valence-electron chi connectivity index (χ4n) is 2.38. The van der Waals surface area contributed by atoms with Crippen LogP contribution in [-0.4, -0.2) is 15.7 Å². The highest BCUT2D eigenvalue weighted by Gasteiger charge is 2.11. The van der Waals surface area contributed by atoms with Gasteiger partial charge in [-0.05, 0) is 42.5 Å². The topological polar surface area (TPSA) is 64.0 Å². The van der Waals surface area contributed by atoms with Crippen LogP contribution in [0.4, 0.5) is 5.69 Å². The Labute approximate surface area is 142 Å². The fraction of sp³-hybridized carbons (Fsp3) is 0.421. The second-order valence-electron chi connectivity index (χ2n) is 6.39. The number of unbranched alkanes of at least 4 members (excludes halogenated alkanes) is 1. The molecule has 0 aliphatic rings. The second kappa shape index (κ2) is 8.43. The van der Waals surface area contributed by atoms with Crippen molar-refractivity contribution in [1.82, 2.24) is 9.78 Å². The van der Waals surface area contributed by atoms with Gasteiger partial charge in [0.05, 0.1) is 0 Å². The largest absolute Gasteiger partial charge is 0.321 e. The van der Waals surface area contributed by atoms with Gasteiger partial charge in [-0.25, -0.2) is 4.68 Å². The Morgan fingerprint density at radius 3 is 2.50 bits per heavy atom. The number of carbonyl (C=O) groups is 1. The molecule has 128 valence electrons. The zero-order chi connectivity index (χ0) is 17.5. The van der Waals surface area contributed by atoms with Crippen LogP contribution in [0.3, 0.4) is 0 Å². The first-order valence-corrected chi connectivity index (χ1v) is 8.48. The molecular weight excluding hydrogens is 302 g/mol. The molecule has 0 aliphatic heterocycles. The van der Waals surface area contributed by atoms with Gasteiger partial charge in [-0.3, -0.25) is 9.59 Å². The summed E-state index contributed by atoms with van der Waals surface area (Å²) in [6, 6.07) is 10.7. The Morgan fingerprint density at radius 1 is 1.17 bits per heavy atom. The van der Waals surface area contributed by atoms with Gasteiger partial charge in [0.15, 0.2) is 0 Å². The van der Waals surface area contributed by atoms with Crippen molar-refractivity contribution in [2.24, 2.45) is 5.92 Å². The van der Waals surface area contributed by atoms with Crippen LogP contribution in [0, 0.1) is 5.92 Å². The Morgan fingerprint density at radius 2 is 1.88 bits per heavy atom. The van der Waals surface area contributed by atoms with E-state index in [0.717, 1.165) is 24.9 Å².